The van der Waals surface area contributed by atoms with Gasteiger partial charge >= 0.3 is 5.97 Å². The third-order valence-electron chi connectivity index (χ3n) is 3.90. The normalized spacial score (nSPS) is 27.6. The summed E-state index contributed by atoms with van der Waals surface area (Å²) in [5.74, 6) is -1.07. The molecule has 0 spiro atoms. The predicted molar refractivity (Wildman–Crippen MR) is 68.8 cm³/mol. The summed E-state index contributed by atoms with van der Waals surface area (Å²) in [6.07, 6.45) is 2.01. The molecule has 108 valence electrons. The Balaban J connectivity index is 1.74. The number of rotatable bonds is 5. The zero-order valence-electron chi connectivity index (χ0n) is 11.4. The van der Waals surface area contributed by atoms with Gasteiger partial charge in [0.2, 0.25) is 0 Å². The first-order valence-corrected chi connectivity index (χ1v) is 6.93. The van der Waals surface area contributed by atoms with Crippen molar-refractivity contribution in [2.75, 3.05) is 33.2 Å². The molecular weight excluding hydrogens is 248 g/mol. The summed E-state index contributed by atoms with van der Waals surface area (Å²) in [6, 6.07) is 0. The fourth-order valence-corrected chi connectivity index (χ4v) is 2.65. The molecule has 0 saturated carbocycles. The van der Waals surface area contributed by atoms with E-state index in [4.69, 9.17) is 9.84 Å². The first-order chi connectivity index (χ1) is 9.08. The zero-order chi connectivity index (χ0) is 13.8. The Labute approximate surface area is 113 Å². The number of carboxylic acid groups (broad SMARTS) is 1. The highest BCUT2D eigenvalue weighted by atomic mass is 16.5. The summed E-state index contributed by atoms with van der Waals surface area (Å²) in [4.78, 5) is 26.9. The molecule has 0 bridgehead atoms. The molecule has 2 saturated heterocycles. The lowest BCUT2D eigenvalue weighted by Gasteiger charge is -2.23. The van der Waals surface area contributed by atoms with Gasteiger partial charge in [0.15, 0.2) is 6.10 Å². The van der Waals surface area contributed by atoms with Crippen LogP contribution in [0.1, 0.15) is 25.7 Å². The van der Waals surface area contributed by atoms with Crippen LogP contribution in [0.4, 0.5) is 0 Å². The number of amides is 1. The van der Waals surface area contributed by atoms with Gasteiger partial charge < -0.3 is 19.6 Å². The van der Waals surface area contributed by atoms with Crippen molar-refractivity contribution in [3.05, 3.63) is 0 Å². The van der Waals surface area contributed by atoms with Crippen LogP contribution in [0.25, 0.3) is 0 Å². The summed E-state index contributed by atoms with van der Waals surface area (Å²) >= 11 is 0. The average molecular weight is 270 g/mol. The van der Waals surface area contributed by atoms with Crippen LogP contribution in [-0.2, 0) is 14.3 Å². The van der Waals surface area contributed by atoms with Crippen LogP contribution in [0.5, 0.6) is 0 Å². The van der Waals surface area contributed by atoms with Gasteiger partial charge in [-0.15, -0.1) is 0 Å². The Morgan fingerprint density at radius 2 is 1.89 bits per heavy atom. The largest absolute Gasteiger partial charge is 0.479 e. The van der Waals surface area contributed by atoms with Gasteiger partial charge in [-0.25, -0.2) is 4.79 Å². The molecule has 0 aromatic rings. The van der Waals surface area contributed by atoms with E-state index in [1.165, 1.54) is 12.8 Å². The van der Waals surface area contributed by atoms with Crippen molar-refractivity contribution in [2.45, 2.75) is 37.9 Å². The highest BCUT2D eigenvalue weighted by molar-refractivity contribution is 5.82. The summed E-state index contributed by atoms with van der Waals surface area (Å²) < 4.78 is 5.27. The Kier molecular flexibility index (Phi) is 4.76. The fourth-order valence-electron chi connectivity index (χ4n) is 2.65. The van der Waals surface area contributed by atoms with Crippen LogP contribution in [0.2, 0.25) is 0 Å². The van der Waals surface area contributed by atoms with Crippen molar-refractivity contribution in [2.24, 2.45) is 0 Å². The first-order valence-electron chi connectivity index (χ1n) is 6.93. The van der Waals surface area contributed by atoms with Crippen LogP contribution in [0.15, 0.2) is 0 Å². The maximum Gasteiger partial charge on any atom is 0.332 e. The molecule has 2 aliphatic heterocycles. The van der Waals surface area contributed by atoms with Crippen molar-refractivity contribution < 1.29 is 19.4 Å². The lowest BCUT2D eigenvalue weighted by Crippen LogP contribution is -2.41. The second-order valence-corrected chi connectivity index (χ2v) is 5.34. The van der Waals surface area contributed by atoms with Crippen molar-refractivity contribution in [3.63, 3.8) is 0 Å². The molecule has 19 heavy (non-hydrogen) atoms. The number of hydrogen-bond acceptors (Lipinski definition) is 4. The minimum absolute atomic E-state index is 0.0945. The predicted octanol–water partition coefficient (Wildman–Crippen LogP) is 0.173. The van der Waals surface area contributed by atoms with Gasteiger partial charge in [0.1, 0.15) is 6.10 Å². The number of nitrogens with zero attached hydrogens (tertiary/aromatic N) is 2. The number of carbonyl (C=O) groups is 2. The van der Waals surface area contributed by atoms with Gasteiger partial charge in [-0.2, -0.15) is 0 Å². The van der Waals surface area contributed by atoms with Crippen molar-refractivity contribution >= 4 is 11.9 Å². The topological polar surface area (TPSA) is 70.1 Å². The molecule has 2 aliphatic rings. The van der Waals surface area contributed by atoms with E-state index in [0.717, 1.165) is 19.6 Å². The lowest BCUT2D eigenvalue weighted by atomic mass is 10.2. The first kappa shape index (κ1) is 14.3. The number of likely N-dealkylation sites (N-methyl/N-ethyl adjacent to an activating group) is 1. The van der Waals surface area contributed by atoms with Gasteiger partial charge in [0.25, 0.3) is 5.91 Å². The standard InChI is InChI=1S/C13H22N2O4/c1-14(8-9-15-6-2-3-7-15)12(16)10-4-5-11(19-10)13(17)18/h10-11H,2-9H2,1H3,(H,17,18). The van der Waals surface area contributed by atoms with E-state index in [2.05, 4.69) is 4.90 Å². The third-order valence-corrected chi connectivity index (χ3v) is 3.90. The molecule has 6 heteroatoms. The fraction of sp³-hybridized carbons (Fsp3) is 0.846. The molecule has 2 atom stereocenters. The minimum Gasteiger partial charge on any atom is -0.479 e. The zero-order valence-corrected chi connectivity index (χ0v) is 11.4. The number of aliphatic carboxylic acids is 1. The number of likely N-dealkylation sites (tertiary alicyclic amines) is 1. The average Bonchev–Trinajstić information content (AvgIpc) is 3.05. The molecule has 0 aliphatic carbocycles. The number of ether oxygens (including phenoxy) is 1. The molecular formula is C13H22N2O4. The highest BCUT2D eigenvalue weighted by Gasteiger charge is 2.36. The van der Waals surface area contributed by atoms with E-state index in [9.17, 15) is 9.59 Å². The SMILES string of the molecule is CN(CCN1CCCC1)C(=O)C1CCC(C(=O)O)O1. The summed E-state index contributed by atoms with van der Waals surface area (Å²) in [7, 11) is 1.76. The van der Waals surface area contributed by atoms with Crippen molar-refractivity contribution in [1.82, 2.24) is 9.80 Å². The van der Waals surface area contributed by atoms with Gasteiger partial charge in [0, 0.05) is 20.1 Å². The monoisotopic (exact) mass is 270 g/mol. The Bertz CT molecular complexity index is 342. The summed E-state index contributed by atoms with van der Waals surface area (Å²) in [5.41, 5.74) is 0. The third kappa shape index (κ3) is 3.67. The Morgan fingerprint density at radius 3 is 2.47 bits per heavy atom. The van der Waals surface area contributed by atoms with Crippen LogP contribution in [0, 0.1) is 0 Å². The maximum atomic E-state index is 12.1. The molecule has 6 nitrogen and oxygen atoms in total. The second-order valence-electron chi connectivity index (χ2n) is 5.34. The van der Waals surface area contributed by atoms with E-state index >= 15 is 0 Å². The molecule has 1 N–H and O–H groups in total. The maximum absolute atomic E-state index is 12.1. The van der Waals surface area contributed by atoms with E-state index in [1.54, 1.807) is 11.9 Å². The van der Waals surface area contributed by atoms with Crippen LogP contribution < -0.4 is 0 Å². The molecule has 0 radical (unpaired) electrons. The van der Waals surface area contributed by atoms with E-state index in [0.29, 0.717) is 19.4 Å². The second kappa shape index (κ2) is 6.34. The summed E-state index contributed by atoms with van der Waals surface area (Å²) in [6.45, 7) is 3.79. The molecule has 0 aromatic carbocycles. The van der Waals surface area contributed by atoms with Gasteiger partial charge in [0.05, 0.1) is 0 Å². The van der Waals surface area contributed by atoms with E-state index < -0.39 is 18.2 Å². The van der Waals surface area contributed by atoms with Gasteiger partial charge in [-0.3, -0.25) is 4.79 Å². The number of carbonyl (C=O) groups excluding carboxylic acids is 1. The molecule has 0 aromatic heterocycles. The molecule has 2 heterocycles. The van der Waals surface area contributed by atoms with E-state index in [1.807, 2.05) is 0 Å². The Morgan fingerprint density at radius 1 is 1.26 bits per heavy atom. The molecule has 2 fully saturated rings. The lowest BCUT2D eigenvalue weighted by molar-refractivity contribution is -0.154. The highest BCUT2D eigenvalue weighted by Crippen LogP contribution is 2.21. The van der Waals surface area contributed by atoms with Crippen LogP contribution in [-0.4, -0.2) is 72.2 Å². The van der Waals surface area contributed by atoms with E-state index in [-0.39, 0.29) is 5.91 Å². The quantitative estimate of drug-likeness (QED) is 0.771. The van der Waals surface area contributed by atoms with Crippen LogP contribution >= 0.6 is 0 Å². The molecule has 1 amide bonds. The smallest absolute Gasteiger partial charge is 0.332 e. The Hall–Kier alpha value is -1.14. The number of hydrogen-bond donors (Lipinski definition) is 1. The van der Waals surface area contributed by atoms with Gasteiger partial charge in [-0.05, 0) is 38.8 Å². The minimum atomic E-state index is -0.977. The molecule has 2 rings (SSSR count). The van der Waals surface area contributed by atoms with Crippen molar-refractivity contribution in [1.29, 1.82) is 0 Å². The molecule has 2 unspecified atom stereocenters. The van der Waals surface area contributed by atoms with Crippen LogP contribution in [0.3, 0.4) is 0 Å². The summed E-state index contributed by atoms with van der Waals surface area (Å²) in [5, 5.41) is 8.84. The van der Waals surface area contributed by atoms with Gasteiger partial charge in [-0.1, -0.05) is 0 Å². The van der Waals surface area contributed by atoms with Crippen molar-refractivity contribution in [3.8, 4) is 0 Å². The number of carboxylic acids is 1.